The molecule has 6 heteroatoms. The fraction of sp³-hybridized carbons (Fsp3) is 0.100. The highest BCUT2D eigenvalue weighted by Gasteiger charge is 2.19. The SMILES string of the molecule is Cc1ccc(C(=O)NC(c2ccc(Br)cc2)c2ccc(Br)cc2)c(=O)[nH]1. The molecule has 2 N–H and O–H groups in total. The van der Waals surface area contributed by atoms with Crippen LogP contribution in [0.1, 0.15) is 33.2 Å². The Balaban J connectivity index is 1.97. The zero-order valence-corrected chi connectivity index (χ0v) is 17.1. The van der Waals surface area contributed by atoms with Gasteiger partial charge < -0.3 is 10.3 Å². The van der Waals surface area contributed by atoms with E-state index >= 15 is 0 Å². The van der Waals surface area contributed by atoms with Gasteiger partial charge in [-0.15, -0.1) is 0 Å². The molecule has 26 heavy (non-hydrogen) atoms. The smallest absolute Gasteiger partial charge is 0.260 e. The van der Waals surface area contributed by atoms with Gasteiger partial charge in [-0.1, -0.05) is 56.1 Å². The van der Waals surface area contributed by atoms with Gasteiger partial charge in [0.2, 0.25) is 0 Å². The van der Waals surface area contributed by atoms with Crippen LogP contribution in [0.5, 0.6) is 0 Å². The maximum absolute atomic E-state index is 12.7. The number of rotatable bonds is 4. The van der Waals surface area contributed by atoms with E-state index in [1.807, 2.05) is 48.5 Å². The molecule has 0 aliphatic heterocycles. The summed E-state index contributed by atoms with van der Waals surface area (Å²) in [4.78, 5) is 27.5. The summed E-state index contributed by atoms with van der Waals surface area (Å²) in [5.74, 6) is -0.415. The molecule has 4 nitrogen and oxygen atoms in total. The molecule has 0 fully saturated rings. The number of amides is 1. The summed E-state index contributed by atoms with van der Waals surface area (Å²) in [5, 5.41) is 2.98. The third kappa shape index (κ3) is 4.31. The number of halogens is 2. The molecule has 0 aliphatic rings. The van der Waals surface area contributed by atoms with Crippen LogP contribution >= 0.6 is 31.9 Å². The lowest BCUT2D eigenvalue weighted by Crippen LogP contribution is -2.33. The van der Waals surface area contributed by atoms with E-state index in [1.165, 1.54) is 0 Å². The van der Waals surface area contributed by atoms with Crippen LogP contribution in [0, 0.1) is 6.92 Å². The number of aromatic amines is 1. The summed E-state index contributed by atoms with van der Waals surface area (Å²) in [7, 11) is 0. The lowest BCUT2D eigenvalue weighted by Gasteiger charge is -2.20. The summed E-state index contributed by atoms with van der Waals surface area (Å²) in [6, 6.07) is 18.3. The number of H-pyrrole nitrogens is 1. The minimum absolute atomic E-state index is 0.0924. The molecule has 1 aromatic heterocycles. The Morgan fingerprint density at radius 3 is 1.85 bits per heavy atom. The highest BCUT2D eigenvalue weighted by Crippen LogP contribution is 2.25. The summed E-state index contributed by atoms with van der Waals surface area (Å²) in [5.41, 5.74) is 2.26. The Hall–Kier alpha value is -2.18. The molecular weight excluding hydrogens is 460 g/mol. The molecule has 0 spiro atoms. The van der Waals surface area contributed by atoms with Gasteiger partial charge in [0.25, 0.3) is 11.5 Å². The van der Waals surface area contributed by atoms with Crippen molar-refractivity contribution >= 4 is 37.8 Å². The average molecular weight is 476 g/mol. The molecule has 1 amide bonds. The van der Waals surface area contributed by atoms with Crippen molar-refractivity contribution in [3.63, 3.8) is 0 Å². The maximum Gasteiger partial charge on any atom is 0.260 e. The fourth-order valence-corrected chi connectivity index (χ4v) is 3.16. The molecule has 3 rings (SSSR count). The predicted octanol–water partition coefficient (Wildman–Crippen LogP) is 4.73. The first-order chi connectivity index (χ1) is 12.4. The largest absolute Gasteiger partial charge is 0.341 e. The van der Waals surface area contributed by atoms with Crippen molar-refractivity contribution in [3.8, 4) is 0 Å². The van der Waals surface area contributed by atoms with Gasteiger partial charge >= 0.3 is 0 Å². The lowest BCUT2D eigenvalue weighted by atomic mass is 9.98. The van der Waals surface area contributed by atoms with E-state index in [1.54, 1.807) is 19.1 Å². The normalized spacial score (nSPS) is 10.8. The van der Waals surface area contributed by atoms with Crippen molar-refractivity contribution in [2.24, 2.45) is 0 Å². The van der Waals surface area contributed by atoms with Gasteiger partial charge in [0.1, 0.15) is 5.56 Å². The van der Waals surface area contributed by atoms with E-state index in [4.69, 9.17) is 0 Å². The Morgan fingerprint density at radius 2 is 1.38 bits per heavy atom. The van der Waals surface area contributed by atoms with Gasteiger partial charge in [0, 0.05) is 14.6 Å². The molecule has 0 aliphatic carbocycles. The number of nitrogens with one attached hydrogen (secondary N) is 2. The van der Waals surface area contributed by atoms with Crippen molar-refractivity contribution < 1.29 is 4.79 Å². The molecular formula is C20H16Br2N2O2. The van der Waals surface area contributed by atoms with Crippen molar-refractivity contribution in [3.05, 3.63) is 102 Å². The second-order valence-electron chi connectivity index (χ2n) is 5.89. The molecule has 2 aromatic carbocycles. The monoisotopic (exact) mass is 474 g/mol. The number of hydrogen-bond donors (Lipinski definition) is 2. The fourth-order valence-electron chi connectivity index (χ4n) is 2.63. The van der Waals surface area contributed by atoms with E-state index in [0.717, 1.165) is 20.1 Å². The first-order valence-electron chi connectivity index (χ1n) is 7.96. The van der Waals surface area contributed by atoms with E-state index in [0.29, 0.717) is 5.69 Å². The molecule has 0 unspecified atom stereocenters. The zero-order valence-electron chi connectivity index (χ0n) is 13.9. The Morgan fingerprint density at radius 1 is 0.885 bits per heavy atom. The van der Waals surface area contributed by atoms with E-state index in [-0.39, 0.29) is 11.6 Å². The van der Waals surface area contributed by atoms with Crippen molar-refractivity contribution in [1.29, 1.82) is 0 Å². The van der Waals surface area contributed by atoms with Gasteiger partial charge in [-0.25, -0.2) is 0 Å². The number of aryl methyl sites for hydroxylation is 1. The molecule has 0 atom stereocenters. The number of hydrogen-bond acceptors (Lipinski definition) is 2. The molecule has 0 radical (unpaired) electrons. The number of benzene rings is 2. The number of pyridine rings is 1. The summed E-state index contributed by atoms with van der Waals surface area (Å²) >= 11 is 6.85. The molecule has 3 aromatic rings. The van der Waals surface area contributed by atoms with Gasteiger partial charge in [-0.05, 0) is 54.4 Å². The van der Waals surface area contributed by atoms with Gasteiger partial charge in [-0.2, -0.15) is 0 Å². The van der Waals surface area contributed by atoms with Gasteiger partial charge in [0.05, 0.1) is 6.04 Å². The average Bonchev–Trinajstić information content (AvgIpc) is 2.61. The second-order valence-corrected chi connectivity index (χ2v) is 7.73. The topological polar surface area (TPSA) is 62.0 Å². The van der Waals surface area contributed by atoms with Crippen LogP contribution in [-0.4, -0.2) is 10.9 Å². The molecule has 1 heterocycles. The van der Waals surface area contributed by atoms with Crippen LogP contribution in [0.15, 0.2) is 74.4 Å². The van der Waals surface area contributed by atoms with Crippen LogP contribution < -0.4 is 10.9 Å². The Labute approximate surface area is 167 Å². The number of aromatic nitrogens is 1. The quantitative estimate of drug-likeness (QED) is 0.573. The lowest BCUT2D eigenvalue weighted by molar-refractivity contribution is 0.0941. The molecule has 0 saturated heterocycles. The highest BCUT2D eigenvalue weighted by molar-refractivity contribution is 9.10. The zero-order chi connectivity index (χ0) is 18.7. The van der Waals surface area contributed by atoms with Crippen LogP contribution in [0.4, 0.5) is 0 Å². The summed E-state index contributed by atoms with van der Waals surface area (Å²) < 4.78 is 1.91. The van der Waals surface area contributed by atoms with E-state index < -0.39 is 11.5 Å². The maximum atomic E-state index is 12.7. The summed E-state index contributed by atoms with van der Waals surface area (Å²) in [6.45, 7) is 1.77. The molecule has 0 bridgehead atoms. The summed E-state index contributed by atoms with van der Waals surface area (Å²) in [6.07, 6.45) is 0. The van der Waals surface area contributed by atoms with Crippen LogP contribution in [0.3, 0.4) is 0 Å². The number of carbonyl (C=O) groups is 1. The standard InChI is InChI=1S/C20H16Br2N2O2/c1-12-2-11-17(19(25)23-12)20(26)24-18(13-3-7-15(21)8-4-13)14-5-9-16(22)10-6-14/h2-11,18H,1H3,(H,23,25)(H,24,26). The van der Waals surface area contributed by atoms with Crippen LogP contribution in [0.2, 0.25) is 0 Å². The molecule has 132 valence electrons. The Kier molecular flexibility index (Phi) is 5.74. The number of carbonyl (C=O) groups excluding carboxylic acids is 1. The highest BCUT2D eigenvalue weighted by atomic mass is 79.9. The molecule has 0 saturated carbocycles. The van der Waals surface area contributed by atoms with Gasteiger partial charge in [-0.3, -0.25) is 9.59 Å². The predicted molar refractivity (Wildman–Crippen MR) is 109 cm³/mol. The second kappa shape index (κ2) is 8.01. The van der Waals surface area contributed by atoms with E-state index in [2.05, 4.69) is 42.2 Å². The third-order valence-electron chi connectivity index (χ3n) is 3.98. The van der Waals surface area contributed by atoms with Gasteiger partial charge in [0.15, 0.2) is 0 Å². The first kappa shape index (κ1) is 18.6. The van der Waals surface area contributed by atoms with Crippen LogP contribution in [0.25, 0.3) is 0 Å². The van der Waals surface area contributed by atoms with Crippen molar-refractivity contribution in [1.82, 2.24) is 10.3 Å². The van der Waals surface area contributed by atoms with Crippen molar-refractivity contribution in [2.75, 3.05) is 0 Å². The Bertz CT molecular complexity index is 934. The minimum Gasteiger partial charge on any atom is -0.341 e. The van der Waals surface area contributed by atoms with Crippen LogP contribution in [-0.2, 0) is 0 Å². The van der Waals surface area contributed by atoms with E-state index in [9.17, 15) is 9.59 Å². The third-order valence-corrected chi connectivity index (χ3v) is 5.04. The van der Waals surface area contributed by atoms with Crippen molar-refractivity contribution in [2.45, 2.75) is 13.0 Å². The first-order valence-corrected chi connectivity index (χ1v) is 9.54. The minimum atomic E-state index is -0.415.